The van der Waals surface area contributed by atoms with E-state index in [4.69, 9.17) is 0 Å². The number of nitrogens with zero attached hydrogens (tertiary/aromatic N) is 2. The third-order valence-electron chi connectivity index (χ3n) is 2.74. The zero-order chi connectivity index (χ0) is 13.2. The second-order valence-corrected chi connectivity index (χ2v) is 6.62. The van der Waals surface area contributed by atoms with Crippen LogP contribution in [-0.2, 0) is 18.5 Å². The third-order valence-corrected chi connectivity index (χ3v) is 4.17. The predicted octanol–water partition coefficient (Wildman–Crippen LogP) is 2.76. The van der Waals surface area contributed by atoms with Gasteiger partial charge in [0.2, 0.25) is 0 Å². The Kier molecular flexibility index (Phi) is 3.82. The van der Waals surface area contributed by atoms with Crippen molar-refractivity contribution in [1.82, 2.24) is 20.5 Å². The van der Waals surface area contributed by atoms with Gasteiger partial charge in [0, 0.05) is 40.8 Å². The number of hydrogen-bond acceptors (Lipinski definition) is 4. The molecule has 2 heterocycles. The van der Waals surface area contributed by atoms with Gasteiger partial charge in [-0.2, -0.15) is 5.10 Å². The van der Waals surface area contributed by atoms with Crippen LogP contribution >= 0.6 is 11.3 Å². The summed E-state index contributed by atoms with van der Waals surface area (Å²) in [7, 11) is 0. The highest BCUT2D eigenvalue weighted by Crippen LogP contribution is 2.26. The summed E-state index contributed by atoms with van der Waals surface area (Å²) in [6.45, 7) is 10.3. The van der Waals surface area contributed by atoms with Crippen LogP contribution in [0.4, 0.5) is 0 Å². The Labute approximate surface area is 112 Å². The van der Waals surface area contributed by atoms with Gasteiger partial charge < -0.3 is 5.32 Å². The first-order valence-corrected chi connectivity index (χ1v) is 6.93. The van der Waals surface area contributed by atoms with Crippen molar-refractivity contribution in [1.29, 1.82) is 0 Å². The fourth-order valence-corrected chi connectivity index (χ4v) is 2.55. The molecule has 0 saturated carbocycles. The lowest BCUT2D eigenvalue weighted by Gasteiger charge is -2.13. The molecular weight excluding hydrogens is 244 g/mol. The van der Waals surface area contributed by atoms with Crippen molar-refractivity contribution in [3.05, 3.63) is 33.5 Å². The molecule has 98 valence electrons. The second-order valence-electron chi connectivity index (χ2n) is 5.51. The molecule has 0 aliphatic rings. The van der Waals surface area contributed by atoms with Crippen molar-refractivity contribution in [3.8, 4) is 0 Å². The number of thiazole rings is 1. The highest BCUT2D eigenvalue weighted by atomic mass is 32.1. The molecule has 0 amide bonds. The van der Waals surface area contributed by atoms with Gasteiger partial charge in [-0.25, -0.2) is 4.98 Å². The van der Waals surface area contributed by atoms with Crippen molar-refractivity contribution in [3.63, 3.8) is 0 Å². The lowest BCUT2D eigenvalue weighted by Crippen LogP contribution is -2.12. The molecule has 0 aliphatic carbocycles. The van der Waals surface area contributed by atoms with Gasteiger partial charge in [0.15, 0.2) is 0 Å². The molecule has 0 radical (unpaired) electrons. The normalized spacial score (nSPS) is 12.0. The summed E-state index contributed by atoms with van der Waals surface area (Å²) in [5.41, 5.74) is 2.49. The molecule has 18 heavy (non-hydrogen) atoms. The molecule has 0 spiro atoms. The molecule has 0 atom stereocenters. The molecule has 0 aromatic carbocycles. The number of hydrogen-bond donors (Lipinski definition) is 2. The monoisotopic (exact) mass is 264 g/mol. The van der Waals surface area contributed by atoms with E-state index in [1.54, 1.807) is 11.3 Å². The summed E-state index contributed by atoms with van der Waals surface area (Å²) < 4.78 is 0. The van der Waals surface area contributed by atoms with Crippen molar-refractivity contribution in [2.45, 2.75) is 46.2 Å². The Hall–Kier alpha value is -1.20. The predicted molar refractivity (Wildman–Crippen MR) is 74.7 cm³/mol. The maximum Gasteiger partial charge on any atom is 0.0981 e. The summed E-state index contributed by atoms with van der Waals surface area (Å²) in [6, 6.07) is 0. The van der Waals surface area contributed by atoms with Crippen LogP contribution in [0.25, 0.3) is 0 Å². The first-order valence-electron chi connectivity index (χ1n) is 6.11. The minimum atomic E-state index is 0.143. The lowest BCUT2D eigenvalue weighted by atomic mass is 9.98. The Morgan fingerprint density at radius 3 is 2.61 bits per heavy atom. The number of rotatable bonds is 4. The van der Waals surface area contributed by atoms with Gasteiger partial charge in [-0.05, 0) is 6.92 Å². The Morgan fingerprint density at radius 2 is 2.06 bits per heavy atom. The number of aryl methyl sites for hydroxylation is 1. The van der Waals surface area contributed by atoms with E-state index in [0.29, 0.717) is 0 Å². The fraction of sp³-hybridized carbons (Fsp3) is 0.538. The Balaban J connectivity index is 1.88. The third kappa shape index (κ3) is 3.17. The molecular formula is C13H20N4S. The average Bonchev–Trinajstić information content (AvgIpc) is 2.88. The van der Waals surface area contributed by atoms with Crippen LogP contribution in [0.15, 0.2) is 12.4 Å². The smallest absolute Gasteiger partial charge is 0.0981 e. The quantitative estimate of drug-likeness (QED) is 0.893. The maximum atomic E-state index is 4.48. The van der Waals surface area contributed by atoms with E-state index < -0.39 is 0 Å². The van der Waals surface area contributed by atoms with Gasteiger partial charge in [0.1, 0.15) is 0 Å². The average molecular weight is 264 g/mol. The van der Waals surface area contributed by atoms with Crippen LogP contribution in [0.3, 0.4) is 0 Å². The summed E-state index contributed by atoms with van der Waals surface area (Å²) >= 11 is 1.78. The Morgan fingerprint density at radius 1 is 1.28 bits per heavy atom. The highest BCUT2D eigenvalue weighted by Gasteiger charge is 2.17. The first-order chi connectivity index (χ1) is 8.47. The Bertz CT molecular complexity index is 507. The van der Waals surface area contributed by atoms with E-state index in [-0.39, 0.29) is 5.41 Å². The number of nitrogens with one attached hydrogen (secondary N) is 2. The molecule has 0 unspecified atom stereocenters. The lowest BCUT2D eigenvalue weighted by molar-refractivity contribution is 0.585. The topological polar surface area (TPSA) is 53.6 Å². The van der Waals surface area contributed by atoms with Crippen LogP contribution in [0.2, 0.25) is 0 Å². The minimum Gasteiger partial charge on any atom is -0.308 e. The molecule has 2 aromatic heterocycles. The van der Waals surface area contributed by atoms with Gasteiger partial charge in [-0.1, -0.05) is 20.8 Å². The van der Waals surface area contributed by atoms with Crippen LogP contribution < -0.4 is 5.32 Å². The maximum absolute atomic E-state index is 4.48. The number of H-pyrrole nitrogens is 1. The van der Waals surface area contributed by atoms with E-state index in [1.807, 2.05) is 19.3 Å². The molecule has 2 N–H and O–H groups in total. The number of aromatic nitrogens is 3. The SMILES string of the molecule is Cc1[nH]ncc1CNCc1cnc(C(C)(C)C)s1. The molecule has 2 rings (SSSR count). The first kappa shape index (κ1) is 13.2. The fourth-order valence-electron chi connectivity index (χ4n) is 1.61. The largest absolute Gasteiger partial charge is 0.308 e. The minimum absolute atomic E-state index is 0.143. The van der Waals surface area contributed by atoms with Crippen molar-refractivity contribution in [2.75, 3.05) is 0 Å². The van der Waals surface area contributed by atoms with Gasteiger partial charge in [-0.3, -0.25) is 5.10 Å². The van der Waals surface area contributed by atoms with E-state index in [1.165, 1.54) is 15.4 Å². The molecule has 0 aliphatic heterocycles. The summed E-state index contributed by atoms with van der Waals surface area (Å²) in [6.07, 6.45) is 3.84. The molecule has 0 fully saturated rings. The molecule has 2 aromatic rings. The zero-order valence-electron chi connectivity index (χ0n) is 11.4. The van der Waals surface area contributed by atoms with Crippen molar-refractivity contribution in [2.24, 2.45) is 0 Å². The zero-order valence-corrected chi connectivity index (χ0v) is 12.2. The number of aromatic amines is 1. The van der Waals surface area contributed by atoms with Crippen LogP contribution in [0.1, 0.15) is 41.9 Å². The van der Waals surface area contributed by atoms with Gasteiger partial charge in [-0.15, -0.1) is 11.3 Å². The summed E-state index contributed by atoms with van der Waals surface area (Å²) in [4.78, 5) is 5.76. The van der Waals surface area contributed by atoms with Gasteiger partial charge in [0.25, 0.3) is 0 Å². The van der Waals surface area contributed by atoms with Crippen LogP contribution in [0, 0.1) is 6.92 Å². The van der Waals surface area contributed by atoms with E-state index in [2.05, 4.69) is 41.3 Å². The molecule has 4 nitrogen and oxygen atoms in total. The van der Waals surface area contributed by atoms with Crippen LogP contribution in [0.5, 0.6) is 0 Å². The van der Waals surface area contributed by atoms with Gasteiger partial charge in [0.05, 0.1) is 11.2 Å². The summed E-state index contributed by atoms with van der Waals surface area (Å²) in [5.74, 6) is 0. The highest BCUT2D eigenvalue weighted by molar-refractivity contribution is 7.11. The van der Waals surface area contributed by atoms with Crippen molar-refractivity contribution >= 4 is 11.3 Å². The summed E-state index contributed by atoms with van der Waals surface area (Å²) in [5, 5.41) is 11.6. The van der Waals surface area contributed by atoms with Crippen LogP contribution in [-0.4, -0.2) is 15.2 Å². The second kappa shape index (κ2) is 5.20. The molecule has 5 heteroatoms. The van der Waals surface area contributed by atoms with E-state index in [0.717, 1.165) is 18.8 Å². The van der Waals surface area contributed by atoms with E-state index in [9.17, 15) is 0 Å². The standard InChI is InChI=1S/C13H20N4S/c1-9-10(6-16-17-9)5-14-7-11-8-15-12(18-11)13(2,3)4/h6,8,14H,5,7H2,1-4H3,(H,16,17). The van der Waals surface area contributed by atoms with Gasteiger partial charge >= 0.3 is 0 Å². The van der Waals surface area contributed by atoms with E-state index >= 15 is 0 Å². The van der Waals surface area contributed by atoms with Crippen molar-refractivity contribution < 1.29 is 0 Å². The molecule has 0 saturated heterocycles. The molecule has 0 bridgehead atoms.